The number of anilines is 1. The lowest BCUT2D eigenvalue weighted by molar-refractivity contribution is -0.127. The number of thioether (sulfide) groups is 1. The maximum Gasteiger partial charge on any atom is 0.243 e. The van der Waals surface area contributed by atoms with Gasteiger partial charge in [-0.25, -0.2) is 0 Å². The molecule has 4 rings (SSSR count). The third-order valence-corrected chi connectivity index (χ3v) is 8.17. The molecule has 2 aliphatic rings. The van der Waals surface area contributed by atoms with Crippen LogP contribution in [0.2, 0.25) is 0 Å². The molecule has 1 saturated carbocycles. The van der Waals surface area contributed by atoms with Crippen molar-refractivity contribution in [2.75, 3.05) is 11.1 Å². The molecule has 1 atom stereocenters. The van der Waals surface area contributed by atoms with Crippen molar-refractivity contribution in [3.05, 3.63) is 75.2 Å². The van der Waals surface area contributed by atoms with Gasteiger partial charge >= 0.3 is 0 Å². The van der Waals surface area contributed by atoms with Crippen LogP contribution in [-0.4, -0.2) is 17.6 Å². The van der Waals surface area contributed by atoms with Crippen molar-refractivity contribution >= 4 is 45.2 Å². The zero-order valence-electron chi connectivity index (χ0n) is 18.4. The van der Waals surface area contributed by atoms with E-state index in [4.69, 9.17) is 0 Å². The fraction of sp³-hybridized carbons (Fsp3) is 0.308. The minimum Gasteiger partial charge on any atom is -0.325 e. The Kier molecular flexibility index (Phi) is 7.41. The van der Waals surface area contributed by atoms with Gasteiger partial charge in [0.25, 0.3) is 0 Å². The lowest BCUT2D eigenvalue weighted by atomic mass is 9.58. The molecule has 1 fully saturated rings. The van der Waals surface area contributed by atoms with E-state index in [9.17, 15) is 20.1 Å². The van der Waals surface area contributed by atoms with Gasteiger partial charge in [-0.1, -0.05) is 58.0 Å². The molecule has 172 valence electrons. The first-order valence-electron chi connectivity index (χ1n) is 11.1. The minimum atomic E-state index is -0.917. The van der Waals surface area contributed by atoms with Crippen LogP contribution in [0, 0.1) is 34.0 Å². The highest BCUT2D eigenvalue weighted by Crippen LogP contribution is 2.54. The van der Waals surface area contributed by atoms with E-state index in [1.807, 2.05) is 30.3 Å². The quantitative estimate of drug-likeness (QED) is 0.528. The van der Waals surface area contributed by atoms with Gasteiger partial charge in [-0.15, -0.1) is 0 Å². The number of hydrogen-bond acceptors (Lipinski definition) is 5. The van der Waals surface area contributed by atoms with Crippen molar-refractivity contribution in [1.82, 2.24) is 5.32 Å². The van der Waals surface area contributed by atoms with Crippen LogP contribution in [-0.2, 0) is 9.59 Å². The molecule has 6 nitrogen and oxygen atoms in total. The number of allylic oxidation sites excluding steroid dienone is 1. The van der Waals surface area contributed by atoms with Crippen LogP contribution in [0.3, 0.4) is 0 Å². The summed E-state index contributed by atoms with van der Waals surface area (Å²) in [4.78, 5) is 25.4. The van der Waals surface area contributed by atoms with Gasteiger partial charge in [-0.2, -0.15) is 10.5 Å². The second-order valence-corrected chi connectivity index (χ2v) is 10.5. The van der Waals surface area contributed by atoms with Crippen LogP contribution < -0.4 is 10.6 Å². The molecule has 2 aromatic carbocycles. The van der Waals surface area contributed by atoms with Gasteiger partial charge < -0.3 is 10.6 Å². The zero-order valence-corrected chi connectivity index (χ0v) is 20.8. The maximum atomic E-state index is 12.9. The summed E-state index contributed by atoms with van der Waals surface area (Å²) in [7, 11) is 0. The highest BCUT2D eigenvalue weighted by Gasteiger charge is 2.52. The van der Waals surface area contributed by atoms with Crippen LogP contribution in [0.15, 0.2) is 69.7 Å². The summed E-state index contributed by atoms with van der Waals surface area (Å²) in [5.74, 6) is -1.17. The van der Waals surface area contributed by atoms with Gasteiger partial charge in [-0.05, 0) is 61.4 Å². The molecule has 8 heteroatoms. The van der Waals surface area contributed by atoms with E-state index in [2.05, 4.69) is 50.8 Å². The minimum absolute atomic E-state index is 0.0385. The van der Waals surface area contributed by atoms with Crippen LogP contribution in [0.25, 0.3) is 0 Å². The van der Waals surface area contributed by atoms with Gasteiger partial charge in [0, 0.05) is 15.6 Å². The Morgan fingerprint density at radius 1 is 1.12 bits per heavy atom. The molecular weight excluding hydrogens is 512 g/mol. The first-order valence-corrected chi connectivity index (χ1v) is 12.8. The summed E-state index contributed by atoms with van der Waals surface area (Å²) in [6, 6.07) is 21.9. The Hall–Kier alpha value is -3.07. The summed E-state index contributed by atoms with van der Waals surface area (Å²) in [5, 5.41) is 25.9. The van der Waals surface area contributed by atoms with Gasteiger partial charge in [-0.3, -0.25) is 9.59 Å². The van der Waals surface area contributed by atoms with Gasteiger partial charge in [0.15, 0.2) is 0 Å². The molecule has 2 N–H and O–H groups in total. The Morgan fingerprint density at radius 2 is 1.79 bits per heavy atom. The normalized spacial score (nSPS) is 24.1. The highest BCUT2D eigenvalue weighted by atomic mass is 79.9. The number of hydrogen-bond donors (Lipinski definition) is 2. The van der Waals surface area contributed by atoms with Crippen LogP contribution in [0.4, 0.5) is 5.69 Å². The van der Waals surface area contributed by atoms with Crippen molar-refractivity contribution in [3.63, 3.8) is 0 Å². The first-order chi connectivity index (χ1) is 16.5. The van der Waals surface area contributed by atoms with Crippen molar-refractivity contribution in [2.45, 2.75) is 31.6 Å². The maximum absolute atomic E-state index is 12.9. The Morgan fingerprint density at radius 3 is 2.41 bits per heavy atom. The highest BCUT2D eigenvalue weighted by molar-refractivity contribution is 9.10. The number of nitrogens with zero attached hydrogens (tertiary/aromatic N) is 2. The lowest BCUT2D eigenvalue weighted by Crippen LogP contribution is -2.49. The molecule has 2 amide bonds. The van der Waals surface area contributed by atoms with E-state index in [1.54, 1.807) is 12.1 Å². The van der Waals surface area contributed by atoms with Gasteiger partial charge in [0.2, 0.25) is 11.8 Å². The fourth-order valence-corrected chi connectivity index (χ4v) is 6.10. The Bertz CT molecular complexity index is 1190. The third kappa shape index (κ3) is 4.89. The molecular formula is C26H23BrN4O2S. The topological polar surface area (TPSA) is 106 Å². The molecule has 1 heterocycles. The largest absolute Gasteiger partial charge is 0.325 e. The number of carbonyl (C=O) groups excluding carboxylic acids is 2. The van der Waals surface area contributed by atoms with Crippen LogP contribution in [0.5, 0.6) is 0 Å². The predicted octanol–water partition coefficient (Wildman–Crippen LogP) is 5.47. The van der Waals surface area contributed by atoms with Crippen LogP contribution >= 0.6 is 27.7 Å². The number of nitriles is 2. The van der Waals surface area contributed by atoms with Crippen molar-refractivity contribution < 1.29 is 9.59 Å². The second-order valence-electron chi connectivity index (χ2n) is 8.55. The SMILES string of the molecule is N#CC1=C(SCC(=O)Nc2ccc(Br)cc2)NC(=O)[C@H](C#N)C12CCC(c1ccccc1)CC2. The number of rotatable bonds is 5. The molecule has 0 radical (unpaired) electrons. The average molecular weight is 535 g/mol. The molecule has 1 aliphatic heterocycles. The summed E-state index contributed by atoms with van der Waals surface area (Å²) < 4.78 is 0.910. The zero-order chi connectivity index (χ0) is 24.1. The number of nitrogens with one attached hydrogen (secondary N) is 2. The second kappa shape index (κ2) is 10.5. The molecule has 34 heavy (non-hydrogen) atoms. The first kappa shape index (κ1) is 24.1. The molecule has 2 aromatic rings. The summed E-state index contributed by atoms with van der Waals surface area (Å²) in [5.41, 5.74) is 1.51. The molecule has 0 bridgehead atoms. The van der Waals surface area contributed by atoms with E-state index in [0.717, 1.165) is 29.1 Å². The van der Waals surface area contributed by atoms with E-state index in [1.165, 1.54) is 5.56 Å². The third-order valence-electron chi connectivity index (χ3n) is 6.64. The number of halogens is 1. The standard InChI is InChI=1S/C26H23BrN4O2S/c27-19-6-8-20(9-7-19)30-23(32)16-34-25-22(15-29)26(21(14-28)24(33)31-25)12-10-18(11-13-26)17-4-2-1-3-5-17/h1-9,18,21H,10-13,16H2,(H,30,32)(H,31,33)/t18?,21-,26?/m0/s1. The van der Waals surface area contributed by atoms with Crippen molar-refractivity contribution in [2.24, 2.45) is 11.3 Å². The Balaban J connectivity index is 1.53. The van der Waals surface area contributed by atoms with E-state index in [0.29, 0.717) is 35.0 Å². The molecule has 0 aromatic heterocycles. The number of carbonyl (C=O) groups is 2. The predicted molar refractivity (Wildman–Crippen MR) is 135 cm³/mol. The number of benzene rings is 2. The van der Waals surface area contributed by atoms with E-state index < -0.39 is 17.2 Å². The van der Waals surface area contributed by atoms with Gasteiger partial charge in [0.1, 0.15) is 5.92 Å². The molecule has 0 saturated heterocycles. The summed E-state index contributed by atoms with van der Waals surface area (Å²) >= 11 is 4.50. The van der Waals surface area contributed by atoms with Crippen LogP contribution in [0.1, 0.15) is 37.2 Å². The molecule has 1 aliphatic carbocycles. The summed E-state index contributed by atoms with van der Waals surface area (Å²) in [6.45, 7) is 0. The van der Waals surface area contributed by atoms with Crippen molar-refractivity contribution in [3.8, 4) is 12.1 Å². The molecule has 1 spiro atoms. The lowest BCUT2D eigenvalue weighted by Gasteiger charge is -2.45. The van der Waals surface area contributed by atoms with E-state index in [-0.39, 0.29) is 11.7 Å². The fourth-order valence-electron chi connectivity index (χ4n) is 4.92. The van der Waals surface area contributed by atoms with Crippen molar-refractivity contribution in [1.29, 1.82) is 10.5 Å². The van der Waals surface area contributed by atoms with Gasteiger partial charge in [0.05, 0.1) is 28.5 Å². The van der Waals surface area contributed by atoms with E-state index >= 15 is 0 Å². The average Bonchev–Trinajstić information content (AvgIpc) is 2.85. The summed E-state index contributed by atoms with van der Waals surface area (Å²) in [6.07, 6.45) is 2.75. The number of amides is 2. The Labute approximate surface area is 211 Å². The smallest absolute Gasteiger partial charge is 0.243 e. The monoisotopic (exact) mass is 534 g/mol. The molecule has 0 unspecified atom stereocenters.